The number of aryl methyl sites for hydroxylation is 1. The molecule has 0 saturated carbocycles. The number of aromatic hydroxyl groups is 1. The normalized spacial score (nSPS) is 10.5. The van der Waals surface area contributed by atoms with Gasteiger partial charge in [-0.1, -0.05) is 0 Å². The van der Waals surface area contributed by atoms with E-state index < -0.39 is 0 Å². The second-order valence-corrected chi connectivity index (χ2v) is 5.09. The first-order valence-corrected chi connectivity index (χ1v) is 6.24. The van der Waals surface area contributed by atoms with E-state index in [1.807, 2.05) is 47.7 Å². The minimum absolute atomic E-state index is 0.00410. The molecule has 0 aliphatic heterocycles. The second kappa shape index (κ2) is 4.52. The molecule has 0 bridgehead atoms. The standard InChI is InChI=1S/C13H12INO2/c1-8-7-9(16)3-4-10(8)12-6-5-11(14)13(17)15(12)2/h3-7,16H,1-2H3. The van der Waals surface area contributed by atoms with Gasteiger partial charge in [0.1, 0.15) is 5.75 Å². The maximum absolute atomic E-state index is 11.8. The molecule has 1 aromatic heterocycles. The van der Waals surface area contributed by atoms with Crippen molar-refractivity contribution in [2.24, 2.45) is 7.05 Å². The molecule has 4 heteroatoms. The summed E-state index contributed by atoms with van der Waals surface area (Å²) < 4.78 is 2.33. The van der Waals surface area contributed by atoms with Crippen molar-refractivity contribution in [3.8, 4) is 17.0 Å². The molecule has 2 rings (SSSR count). The third kappa shape index (κ3) is 2.22. The molecule has 88 valence electrons. The number of nitrogens with zero attached hydrogens (tertiary/aromatic N) is 1. The molecule has 3 nitrogen and oxygen atoms in total. The maximum Gasteiger partial charge on any atom is 0.264 e. The SMILES string of the molecule is Cc1cc(O)ccc1-c1ccc(I)c(=O)n1C. The zero-order valence-electron chi connectivity index (χ0n) is 9.57. The molecule has 1 heterocycles. The van der Waals surface area contributed by atoms with Gasteiger partial charge in [-0.2, -0.15) is 0 Å². The van der Waals surface area contributed by atoms with Crippen molar-refractivity contribution in [2.45, 2.75) is 6.92 Å². The lowest BCUT2D eigenvalue weighted by atomic mass is 10.0. The number of hydrogen-bond donors (Lipinski definition) is 1. The van der Waals surface area contributed by atoms with Gasteiger partial charge in [-0.25, -0.2) is 0 Å². The smallest absolute Gasteiger partial charge is 0.264 e. The van der Waals surface area contributed by atoms with E-state index >= 15 is 0 Å². The summed E-state index contributed by atoms with van der Waals surface area (Å²) in [4.78, 5) is 11.8. The van der Waals surface area contributed by atoms with E-state index in [4.69, 9.17) is 0 Å². The van der Waals surface area contributed by atoms with Crippen molar-refractivity contribution in [2.75, 3.05) is 0 Å². The molecule has 0 aliphatic carbocycles. The zero-order valence-corrected chi connectivity index (χ0v) is 11.7. The van der Waals surface area contributed by atoms with Crippen molar-refractivity contribution in [3.05, 3.63) is 49.8 Å². The molecule has 0 unspecified atom stereocenters. The number of hydrogen-bond acceptors (Lipinski definition) is 2. The topological polar surface area (TPSA) is 42.2 Å². The molecule has 2 aromatic rings. The summed E-state index contributed by atoms with van der Waals surface area (Å²) in [5.74, 6) is 0.238. The molecule has 0 spiro atoms. The van der Waals surface area contributed by atoms with Crippen molar-refractivity contribution in [3.63, 3.8) is 0 Å². The second-order valence-electron chi connectivity index (χ2n) is 3.93. The highest BCUT2D eigenvalue weighted by Crippen LogP contribution is 2.25. The summed E-state index contributed by atoms with van der Waals surface area (Å²) in [7, 11) is 1.76. The molecule has 0 fully saturated rings. The fraction of sp³-hybridized carbons (Fsp3) is 0.154. The summed E-state index contributed by atoms with van der Waals surface area (Å²) in [5, 5.41) is 9.38. The minimum Gasteiger partial charge on any atom is -0.508 e. The Balaban J connectivity index is 2.69. The maximum atomic E-state index is 11.8. The van der Waals surface area contributed by atoms with Crippen LogP contribution in [0.25, 0.3) is 11.3 Å². The third-order valence-corrected chi connectivity index (χ3v) is 3.56. The largest absolute Gasteiger partial charge is 0.508 e. The third-order valence-electron chi connectivity index (χ3n) is 2.74. The Labute approximate surface area is 113 Å². The predicted molar refractivity (Wildman–Crippen MR) is 76.2 cm³/mol. The Hall–Kier alpha value is -1.30. The molecule has 0 amide bonds. The predicted octanol–water partition coefficient (Wildman–Crippen LogP) is 2.67. The molecule has 0 radical (unpaired) electrons. The number of halogens is 1. The van der Waals surface area contributed by atoms with Crippen LogP contribution in [0.5, 0.6) is 5.75 Å². The van der Waals surface area contributed by atoms with Gasteiger partial charge in [0.25, 0.3) is 5.56 Å². The average molecular weight is 341 g/mol. The van der Waals surface area contributed by atoms with E-state index in [2.05, 4.69) is 0 Å². The van der Waals surface area contributed by atoms with Crippen LogP contribution in [0.2, 0.25) is 0 Å². The van der Waals surface area contributed by atoms with Crippen molar-refractivity contribution in [1.29, 1.82) is 0 Å². The van der Waals surface area contributed by atoms with Gasteiger partial charge in [-0.3, -0.25) is 4.79 Å². The highest BCUT2D eigenvalue weighted by Gasteiger charge is 2.08. The number of benzene rings is 1. The Kier molecular flexibility index (Phi) is 3.24. The average Bonchev–Trinajstić information content (AvgIpc) is 2.28. The van der Waals surface area contributed by atoms with E-state index in [9.17, 15) is 9.90 Å². The van der Waals surface area contributed by atoms with E-state index in [1.165, 1.54) is 0 Å². The van der Waals surface area contributed by atoms with Crippen LogP contribution in [-0.2, 0) is 7.05 Å². The molecule has 17 heavy (non-hydrogen) atoms. The summed E-state index contributed by atoms with van der Waals surface area (Å²) in [6, 6.07) is 8.88. The van der Waals surface area contributed by atoms with E-state index in [0.29, 0.717) is 3.57 Å². The Morgan fingerprint density at radius 1 is 1.24 bits per heavy atom. The first-order valence-electron chi connectivity index (χ1n) is 5.16. The van der Waals surface area contributed by atoms with Gasteiger partial charge in [0.15, 0.2) is 0 Å². The number of phenols is 1. The lowest BCUT2D eigenvalue weighted by Crippen LogP contribution is -2.20. The van der Waals surface area contributed by atoms with Gasteiger partial charge in [0, 0.05) is 12.6 Å². The van der Waals surface area contributed by atoms with Crippen LogP contribution in [0, 0.1) is 10.5 Å². The lowest BCUT2D eigenvalue weighted by molar-refractivity contribution is 0.475. The molecule has 1 N–H and O–H groups in total. The van der Waals surface area contributed by atoms with Gasteiger partial charge < -0.3 is 9.67 Å². The number of phenolic OH excluding ortho intramolecular Hbond substituents is 1. The highest BCUT2D eigenvalue weighted by molar-refractivity contribution is 14.1. The van der Waals surface area contributed by atoms with Gasteiger partial charge in [-0.05, 0) is 65.4 Å². The molecular formula is C13H12INO2. The van der Waals surface area contributed by atoms with Crippen molar-refractivity contribution < 1.29 is 5.11 Å². The van der Waals surface area contributed by atoms with E-state index in [1.54, 1.807) is 23.7 Å². The summed E-state index contributed by atoms with van der Waals surface area (Å²) in [5.41, 5.74) is 2.75. The van der Waals surface area contributed by atoms with Crippen LogP contribution in [0.3, 0.4) is 0 Å². The van der Waals surface area contributed by atoms with E-state index in [-0.39, 0.29) is 11.3 Å². The van der Waals surface area contributed by atoms with E-state index in [0.717, 1.165) is 16.8 Å². The van der Waals surface area contributed by atoms with Crippen molar-refractivity contribution >= 4 is 22.6 Å². The molecule has 0 atom stereocenters. The van der Waals surface area contributed by atoms with Crippen LogP contribution < -0.4 is 5.56 Å². The van der Waals surface area contributed by atoms with Gasteiger partial charge in [0.2, 0.25) is 0 Å². The summed E-state index contributed by atoms with van der Waals surface area (Å²) >= 11 is 2.03. The zero-order chi connectivity index (χ0) is 12.6. The van der Waals surface area contributed by atoms with Crippen molar-refractivity contribution in [1.82, 2.24) is 4.57 Å². The summed E-state index contributed by atoms with van der Waals surface area (Å²) in [6.07, 6.45) is 0. The van der Waals surface area contributed by atoms with Crippen LogP contribution >= 0.6 is 22.6 Å². The van der Waals surface area contributed by atoms with Crippen LogP contribution in [0.15, 0.2) is 35.1 Å². The van der Waals surface area contributed by atoms with Crippen LogP contribution in [-0.4, -0.2) is 9.67 Å². The fourth-order valence-corrected chi connectivity index (χ4v) is 2.35. The van der Waals surface area contributed by atoms with Gasteiger partial charge in [0.05, 0.1) is 9.26 Å². The van der Waals surface area contributed by atoms with Gasteiger partial charge >= 0.3 is 0 Å². The monoisotopic (exact) mass is 341 g/mol. The van der Waals surface area contributed by atoms with Gasteiger partial charge in [-0.15, -0.1) is 0 Å². The first kappa shape index (κ1) is 12.2. The number of rotatable bonds is 1. The molecule has 1 aromatic carbocycles. The Morgan fingerprint density at radius 2 is 1.94 bits per heavy atom. The lowest BCUT2D eigenvalue weighted by Gasteiger charge is -2.11. The minimum atomic E-state index is -0.00410. The molecule has 0 saturated heterocycles. The highest BCUT2D eigenvalue weighted by atomic mass is 127. The molecule has 0 aliphatic rings. The first-order chi connectivity index (χ1) is 8.00. The fourth-order valence-electron chi connectivity index (χ4n) is 1.81. The van der Waals surface area contributed by atoms with Crippen LogP contribution in [0.4, 0.5) is 0 Å². The van der Waals surface area contributed by atoms with Crippen LogP contribution in [0.1, 0.15) is 5.56 Å². The summed E-state index contributed by atoms with van der Waals surface area (Å²) in [6.45, 7) is 1.91. The quantitative estimate of drug-likeness (QED) is 0.811. The Morgan fingerprint density at radius 3 is 2.59 bits per heavy atom. The number of pyridine rings is 1. The number of aromatic nitrogens is 1. The Bertz CT molecular complexity index is 632. The molecular weight excluding hydrogens is 329 g/mol.